The number of nitrogens with zero attached hydrogens (tertiary/aromatic N) is 2. The maximum absolute atomic E-state index is 12.5. The fourth-order valence-electron chi connectivity index (χ4n) is 4.00. The molecule has 0 saturated heterocycles. The van der Waals surface area contributed by atoms with Gasteiger partial charge in [0.1, 0.15) is 6.54 Å². The van der Waals surface area contributed by atoms with Crippen LogP contribution in [0, 0.1) is 6.92 Å². The molecule has 3 aromatic carbocycles. The van der Waals surface area contributed by atoms with Crippen LogP contribution in [0.3, 0.4) is 0 Å². The molecule has 1 aliphatic carbocycles. The van der Waals surface area contributed by atoms with Gasteiger partial charge in [0, 0.05) is 17.3 Å². The first kappa shape index (κ1) is 19.0. The zero-order valence-corrected chi connectivity index (χ0v) is 17.1. The van der Waals surface area contributed by atoms with Crippen LogP contribution in [0.4, 0.5) is 5.69 Å². The van der Waals surface area contributed by atoms with Crippen molar-refractivity contribution in [2.45, 2.75) is 19.9 Å². The van der Waals surface area contributed by atoms with Crippen molar-refractivity contribution >= 4 is 11.6 Å². The number of rotatable bonds is 4. The molecule has 1 aromatic heterocycles. The Morgan fingerprint density at radius 2 is 1.74 bits per heavy atom. The molecule has 1 N–H and O–H groups in total. The molecule has 4 aromatic rings. The van der Waals surface area contributed by atoms with E-state index in [4.69, 9.17) is 0 Å². The van der Waals surface area contributed by atoms with E-state index in [1.165, 1.54) is 39.2 Å². The van der Waals surface area contributed by atoms with E-state index in [9.17, 15) is 9.59 Å². The van der Waals surface area contributed by atoms with Gasteiger partial charge >= 0.3 is 0 Å². The Kier molecular flexibility index (Phi) is 4.71. The predicted octanol–water partition coefficient (Wildman–Crippen LogP) is 4.43. The minimum absolute atomic E-state index is 0.0860. The van der Waals surface area contributed by atoms with Crippen molar-refractivity contribution in [2.24, 2.45) is 0 Å². The van der Waals surface area contributed by atoms with Crippen LogP contribution in [0.2, 0.25) is 0 Å². The van der Waals surface area contributed by atoms with Crippen molar-refractivity contribution in [3.8, 4) is 22.4 Å². The number of amides is 1. The van der Waals surface area contributed by atoms with Gasteiger partial charge in [-0.1, -0.05) is 60.2 Å². The lowest BCUT2D eigenvalue weighted by Gasteiger charge is -2.10. The summed E-state index contributed by atoms with van der Waals surface area (Å²) in [5.41, 5.74) is 8.04. The number of hydrogen-bond acceptors (Lipinski definition) is 3. The number of aryl methyl sites for hydroxylation is 1. The van der Waals surface area contributed by atoms with Gasteiger partial charge in [-0.05, 0) is 47.7 Å². The number of benzene rings is 3. The first-order valence-electron chi connectivity index (χ1n) is 10.2. The van der Waals surface area contributed by atoms with Gasteiger partial charge < -0.3 is 5.32 Å². The summed E-state index contributed by atoms with van der Waals surface area (Å²) in [7, 11) is 0. The van der Waals surface area contributed by atoms with Crippen LogP contribution < -0.4 is 10.9 Å². The van der Waals surface area contributed by atoms with E-state index >= 15 is 0 Å². The molecular formula is C26H21N3O2. The predicted molar refractivity (Wildman–Crippen MR) is 122 cm³/mol. The summed E-state index contributed by atoms with van der Waals surface area (Å²) in [5, 5.41) is 2.90. The summed E-state index contributed by atoms with van der Waals surface area (Å²) in [6.07, 6.45) is 2.29. The van der Waals surface area contributed by atoms with Gasteiger partial charge in [-0.25, -0.2) is 4.98 Å². The SMILES string of the molecule is Cc1ccc(-c2cc(=O)n(CC(=O)Nc3ccc4c(c3)Cc3ccccc3-4)cn2)cc1. The highest BCUT2D eigenvalue weighted by molar-refractivity contribution is 5.91. The second kappa shape index (κ2) is 7.69. The number of nitrogens with one attached hydrogen (secondary N) is 1. The highest BCUT2D eigenvalue weighted by atomic mass is 16.2. The molecule has 0 saturated carbocycles. The standard InChI is InChI=1S/C26H21N3O2/c1-17-6-8-18(9-7-17)24-14-26(31)29(16-27-24)15-25(30)28-21-10-11-23-20(13-21)12-19-4-2-3-5-22(19)23/h2-11,13-14,16H,12,15H2,1H3,(H,28,30). The Bertz CT molecular complexity index is 1350. The summed E-state index contributed by atoms with van der Waals surface area (Å²) in [6.45, 7) is 1.92. The average molecular weight is 407 g/mol. The molecule has 1 amide bonds. The second-order valence-electron chi connectivity index (χ2n) is 7.86. The summed E-state index contributed by atoms with van der Waals surface area (Å²) < 4.78 is 1.32. The van der Waals surface area contributed by atoms with E-state index in [1.54, 1.807) is 0 Å². The molecule has 0 fully saturated rings. The van der Waals surface area contributed by atoms with Gasteiger partial charge in [-0.3, -0.25) is 14.2 Å². The Morgan fingerprint density at radius 1 is 0.968 bits per heavy atom. The highest BCUT2D eigenvalue weighted by Crippen LogP contribution is 2.37. The van der Waals surface area contributed by atoms with Crippen LogP contribution in [0.15, 0.2) is 83.9 Å². The maximum Gasteiger partial charge on any atom is 0.254 e. The van der Waals surface area contributed by atoms with Crippen molar-refractivity contribution in [3.63, 3.8) is 0 Å². The first-order valence-corrected chi connectivity index (χ1v) is 10.2. The highest BCUT2D eigenvalue weighted by Gasteiger charge is 2.18. The molecule has 31 heavy (non-hydrogen) atoms. The largest absolute Gasteiger partial charge is 0.325 e. The smallest absolute Gasteiger partial charge is 0.254 e. The van der Waals surface area contributed by atoms with Gasteiger partial charge in [-0.2, -0.15) is 0 Å². The summed E-state index contributed by atoms with van der Waals surface area (Å²) >= 11 is 0. The molecule has 5 rings (SSSR count). The topological polar surface area (TPSA) is 64.0 Å². The Labute approximate surface area is 180 Å². The van der Waals surface area contributed by atoms with Crippen LogP contribution in [0.25, 0.3) is 22.4 Å². The quantitative estimate of drug-likeness (QED) is 0.479. The van der Waals surface area contributed by atoms with Gasteiger partial charge in [0.25, 0.3) is 5.56 Å². The van der Waals surface area contributed by atoms with Crippen molar-refractivity contribution in [3.05, 3.63) is 106 Å². The van der Waals surface area contributed by atoms with Gasteiger partial charge in [-0.15, -0.1) is 0 Å². The van der Waals surface area contributed by atoms with E-state index in [2.05, 4.69) is 22.4 Å². The number of aromatic nitrogens is 2. The van der Waals surface area contributed by atoms with Crippen molar-refractivity contribution in [2.75, 3.05) is 5.32 Å². The van der Waals surface area contributed by atoms with Crippen molar-refractivity contribution in [1.29, 1.82) is 0 Å². The normalized spacial score (nSPS) is 11.6. The zero-order valence-electron chi connectivity index (χ0n) is 17.1. The van der Waals surface area contributed by atoms with E-state index < -0.39 is 0 Å². The molecule has 0 radical (unpaired) electrons. The third-order valence-corrected chi connectivity index (χ3v) is 5.62. The lowest BCUT2D eigenvalue weighted by Crippen LogP contribution is -2.27. The van der Waals surface area contributed by atoms with E-state index in [1.807, 2.05) is 61.5 Å². The minimum atomic E-state index is -0.262. The lowest BCUT2D eigenvalue weighted by molar-refractivity contribution is -0.116. The molecule has 0 atom stereocenters. The third kappa shape index (κ3) is 3.78. The molecule has 0 unspecified atom stereocenters. The fraction of sp³-hybridized carbons (Fsp3) is 0.115. The molecular weight excluding hydrogens is 386 g/mol. The fourth-order valence-corrected chi connectivity index (χ4v) is 4.00. The first-order chi connectivity index (χ1) is 15.1. The number of carbonyl (C=O) groups is 1. The molecule has 0 spiro atoms. The third-order valence-electron chi connectivity index (χ3n) is 5.62. The van der Waals surface area contributed by atoms with E-state index in [-0.39, 0.29) is 18.0 Å². The van der Waals surface area contributed by atoms with Gasteiger partial charge in [0.2, 0.25) is 5.91 Å². The second-order valence-corrected chi connectivity index (χ2v) is 7.86. The van der Waals surface area contributed by atoms with Crippen molar-refractivity contribution in [1.82, 2.24) is 9.55 Å². The number of fused-ring (bicyclic) bond motifs is 3. The van der Waals surface area contributed by atoms with Gasteiger partial charge in [0.15, 0.2) is 0 Å². The molecule has 0 bridgehead atoms. The molecule has 1 heterocycles. The molecule has 1 aliphatic rings. The number of hydrogen-bond donors (Lipinski definition) is 1. The Balaban J connectivity index is 1.29. The number of carbonyl (C=O) groups excluding carboxylic acids is 1. The summed E-state index contributed by atoms with van der Waals surface area (Å²) in [4.78, 5) is 29.4. The molecule has 152 valence electrons. The monoisotopic (exact) mass is 407 g/mol. The summed E-state index contributed by atoms with van der Waals surface area (Å²) in [6, 6.07) is 23.6. The molecule has 0 aliphatic heterocycles. The maximum atomic E-state index is 12.5. The summed E-state index contributed by atoms with van der Waals surface area (Å²) in [5.74, 6) is -0.262. The minimum Gasteiger partial charge on any atom is -0.325 e. The molecule has 5 nitrogen and oxygen atoms in total. The van der Waals surface area contributed by atoms with Gasteiger partial charge in [0.05, 0.1) is 12.0 Å². The van der Waals surface area contributed by atoms with Crippen molar-refractivity contribution < 1.29 is 4.79 Å². The zero-order chi connectivity index (χ0) is 21.4. The average Bonchev–Trinajstić information content (AvgIpc) is 3.13. The van der Waals surface area contributed by atoms with Crippen LogP contribution in [0.5, 0.6) is 0 Å². The van der Waals surface area contributed by atoms with Crippen LogP contribution in [-0.4, -0.2) is 15.5 Å². The van der Waals surface area contributed by atoms with Crippen LogP contribution in [0.1, 0.15) is 16.7 Å². The van der Waals surface area contributed by atoms with Crippen LogP contribution >= 0.6 is 0 Å². The Morgan fingerprint density at radius 3 is 2.55 bits per heavy atom. The van der Waals surface area contributed by atoms with Crippen LogP contribution in [-0.2, 0) is 17.8 Å². The number of anilines is 1. The lowest BCUT2D eigenvalue weighted by atomic mass is 10.1. The Hall–Kier alpha value is -3.99. The van der Waals surface area contributed by atoms with E-state index in [0.717, 1.165) is 23.2 Å². The van der Waals surface area contributed by atoms with E-state index in [0.29, 0.717) is 5.69 Å². The molecule has 5 heteroatoms.